The number of nitrogens with one attached hydrogen (secondary N) is 2. The van der Waals surface area contributed by atoms with E-state index in [0.29, 0.717) is 28.8 Å². The molecular weight excluding hydrogens is 458 g/mol. The Morgan fingerprint density at radius 2 is 1.56 bits per heavy atom. The first-order chi connectivity index (χ1) is 17.3. The highest BCUT2D eigenvalue weighted by Gasteiger charge is 2.25. The zero-order valence-corrected chi connectivity index (χ0v) is 21.8. The number of methoxy groups -OCH3 is 3. The summed E-state index contributed by atoms with van der Waals surface area (Å²) in [5.41, 5.74) is 2.58. The van der Waals surface area contributed by atoms with Crippen LogP contribution in [0, 0.1) is 6.92 Å². The van der Waals surface area contributed by atoms with Crippen molar-refractivity contribution < 1.29 is 19.0 Å². The maximum atomic E-state index is 13.0. The lowest BCUT2D eigenvalue weighted by Crippen LogP contribution is -2.40. The van der Waals surface area contributed by atoms with Gasteiger partial charge in [0.25, 0.3) is 5.91 Å². The Bertz CT molecular complexity index is 1210. The van der Waals surface area contributed by atoms with Gasteiger partial charge in [-0.1, -0.05) is 11.6 Å². The third-order valence-electron chi connectivity index (χ3n) is 6.58. The average molecular weight is 494 g/mol. The van der Waals surface area contributed by atoms with Crippen LogP contribution in [0.2, 0.25) is 0 Å². The van der Waals surface area contributed by atoms with Gasteiger partial charge in [-0.15, -0.1) is 0 Å². The number of rotatable bonds is 8. The maximum absolute atomic E-state index is 13.0. The second-order valence-corrected chi connectivity index (χ2v) is 9.37. The molecule has 1 fully saturated rings. The maximum Gasteiger partial charge on any atom is 0.251 e. The van der Waals surface area contributed by atoms with Crippen molar-refractivity contribution in [2.75, 3.05) is 45.6 Å². The molecular formula is C27H35N5O4. The number of nitrogens with zero attached hydrogens (tertiary/aromatic N) is 3. The highest BCUT2D eigenvalue weighted by molar-refractivity contribution is 5.96. The third kappa shape index (κ3) is 5.40. The topological polar surface area (TPSA) is 97.8 Å². The highest BCUT2D eigenvalue weighted by atomic mass is 16.5. The van der Waals surface area contributed by atoms with Crippen LogP contribution in [0.3, 0.4) is 0 Å². The number of fused-ring (bicyclic) bond motifs is 1. The summed E-state index contributed by atoms with van der Waals surface area (Å²) in [7, 11) is 8.60. The summed E-state index contributed by atoms with van der Waals surface area (Å²) >= 11 is 0. The van der Waals surface area contributed by atoms with Crippen molar-refractivity contribution in [1.82, 2.24) is 15.3 Å². The predicted octanol–water partition coefficient (Wildman–Crippen LogP) is 4.18. The first kappa shape index (κ1) is 25.3. The second-order valence-electron chi connectivity index (χ2n) is 9.37. The molecule has 9 heteroatoms. The number of aryl methyl sites for hydroxylation is 1. The fourth-order valence-corrected chi connectivity index (χ4v) is 4.68. The number of carbonyl (C=O) groups excluding carboxylic acids is 1. The van der Waals surface area contributed by atoms with Gasteiger partial charge in [-0.2, -0.15) is 4.98 Å². The first-order valence-corrected chi connectivity index (χ1v) is 12.2. The van der Waals surface area contributed by atoms with Crippen molar-refractivity contribution in [2.45, 2.75) is 44.7 Å². The van der Waals surface area contributed by atoms with Gasteiger partial charge in [0.15, 0.2) is 11.5 Å². The van der Waals surface area contributed by atoms with Gasteiger partial charge in [-0.25, -0.2) is 4.98 Å². The Morgan fingerprint density at radius 1 is 0.917 bits per heavy atom. The number of benzene rings is 2. The molecule has 0 unspecified atom stereocenters. The molecule has 0 saturated heterocycles. The summed E-state index contributed by atoms with van der Waals surface area (Å²) in [6.07, 6.45) is 3.54. The quantitative estimate of drug-likeness (QED) is 0.482. The SMILES string of the molecule is COc1cc(C(=O)N[C@H]2CC[C@@H](Nc3nc(N(C)C)c4cc(C)ccc4n3)CC2)cc(OC)c1OC. The van der Waals surface area contributed by atoms with E-state index in [-0.39, 0.29) is 18.0 Å². The molecule has 0 atom stereocenters. The number of amides is 1. The van der Waals surface area contributed by atoms with Gasteiger partial charge in [0.1, 0.15) is 5.82 Å². The van der Waals surface area contributed by atoms with Crippen LogP contribution in [0.25, 0.3) is 10.9 Å². The van der Waals surface area contributed by atoms with E-state index in [9.17, 15) is 4.79 Å². The number of ether oxygens (including phenoxy) is 3. The number of carbonyl (C=O) groups is 1. The van der Waals surface area contributed by atoms with E-state index in [4.69, 9.17) is 24.2 Å². The van der Waals surface area contributed by atoms with Gasteiger partial charge in [0.05, 0.1) is 26.8 Å². The lowest BCUT2D eigenvalue weighted by atomic mass is 9.91. The van der Waals surface area contributed by atoms with Gasteiger partial charge in [-0.05, 0) is 56.9 Å². The molecule has 36 heavy (non-hydrogen) atoms. The fraction of sp³-hybridized carbons (Fsp3) is 0.444. The van der Waals surface area contributed by atoms with Crippen molar-refractivity contribution >= 4 is 28.6 Å². The standard InChI is InChI=1S/C27H35N5O4/c1-16-7-12-21-20(13-16)25(32(2)3)31-27(30-21)29-19-10-8-18(9-11-19)28-26(33)17-14-22(34-4)24(36-6)23(15-17)35-5/h7,12-15,18-19H,8-11H2,1-6H3,(H,28,33)(H,29,30,31)/t18-,19+. The van der Waals surface area contributed by atoms with Crippen LogP contribution in [-0.2, 0) is 0 Å². The smallest absolute Gasteiger partial charge is 0.251 e. The molecule has 192 valence electrons. The Kier molecular flexibility index (Phi) is 7.67. The van der Waals surface area contributed by atoms with E-state index in [1.165, 1.54) is 26.9 Å². The van der Waals surface area contributed by atoms with E-state index >= 15 is 0 Å². The predicted molar refractivity (Wildman–Crippen MR) is 142 cm³/mol. The highest BCUT2D eigenvalue weighted by Crippen LogP contribution is 2.38. The minimum Gasteiger partial charge on any atom is -0.493 e. The van der Waals surface area contributed by atoms with Gasteiger partial charge in [-0.3, -0.25) is 4.79 Å². The zero-order valence-electron chi connectivity index (χ0n) is 21.8. The van der Waals surface area contributed by atoms with Crippen LogP contribution >= 0.6 is 0 Å². The van der Waals surface area contributed by atoms with Gasteiger partial charge >= 0.3 is 0 Å². The van der Waals surface area contributed by atoms with Crippen molar-refractivity contribution in [3.63, 3.8) is 0 Å². The molecule has 4 rings (SSSR count). The van der Waals surface area contributed by atoms with E-state index in [1.54, 1.807) is 12.1 Å². The van der Waals surface area contributed by atoms with E-state index in [1.807, 2.05) is 25.1 Å². The largest absolute Gasteiger partial charge is 0.493 e. The average Bonchev–Trinajstić information content (AvgIpc) is 2.88. The van der Waals surface area contributed by atoms with Crippen LogP contribution in [0.5, 0.6) is 17.2 Å². The van der Waals surface area contributed by atoms with Crippen molar-refractivity contribution in [1.29, 1.82) is 0 Å². The van der Waals surface area contributed by atoms with Crippen LogP contribution < -0.4 is 29.7 Å². The van der Waals surface area contributed by atoms with Crippen LogP contribution in [0.15, 0.2) is 30.3 Å². The summed E-state index contributed by atoms with van der Waals surface area (Å²) in [6, 6.07) is 9.91. The molecule has 1 aliphatic rings. The van der Waals surface area contributed by atoms with E-state index < -0.39 is 0 Å². The van der Waals surface area contributed by atoms with E-state index in [0.717, 1.165) is 42.4 Å². The van der Waals surface area contributed by atoms with Gasteiger partial charge < -0.3 is 29.7 Å². The molecule has 1 aliphatic carbocycles. The molecule has 1 amide bonds. The second kappa shape index (κ2) is 10.9. The molecule has 1 aromatic heterocycles. The summed E-state index contributed by atoms with van der Waals surface area (Å²) in [5, 5.41) is 7.72. The fourth-order valence-electron chi connectivity index (χ4n) is 4.68. The summed E-state index contributed by atoms with van der Waals surface area (Å²) in [5.74, 6) is 2.76. The Labute approximate surface area is 212 Å². The van der Waals surface area contributed by atoms with Gasteiger partial charge in [0, 0.05) is 37.1 Å². The number of hydrogen-bond donors (Lipinski definition) is 2. The van der Waals surface area contributed by atoms with Crippen LogP contribution in [0.1, 0.15) is 41.6 Å². The molecule has 0 spiro atoms. The lowest BCUT2D eigenvalue weighted by molar-refractivity contribution is 0.0925. The molecule has 0 radical (unpaired) electrons. The molecule has 0 bridgehead atoms. The molecule has 1 saturated carbocycles. The molecule has 2 N–H and O–H groups in total. The number of anilines is 2. The number of aromatic nitrogens is 2. The molecule has 9 nitrogen and oxygen atoms in total. The van der Waals surface area contributed by atoms with E-state index in [2.05, 4.69) is 29.7 Å². The third-order valence-corrected chi connectivity index (χ3v) is 6.58. The summed E-state index contributed by atoms with van der Waals surface area (Å²) in [4.78, 5) is 24.5. The molecule has 1 heterocycles. The van der Waals surface area contributed by atoms with Crippen LogP contribution in [-0.4, -0.2) is 63.4 Å². The first-order valence-electron chi connectivity index (χ1n) is 12.2. The van der Waals surface area contributed by atoms with Crippen molar-refractivity contribution in [3.8, 4) is 17.2 Å². The minimum absolute atomic E-state index is 0.0903. The Balaban J connectivity index is 1.40. The van der Waals surface area contributed by atoms with Crippen molar-refractivity contribution in [3.05, 3.63) is 41.5 Å². The molecule has 2 aromatic carbocycles. The van der Waals surface area contributed by atoms with Crippen molar-refractivity contribution in [2.24, 2.45) is 0 Å². The minimum atomic E-state index is -0.158. The Morgan fingerprint density at radius 3 is 2.14 bits per heavy atom. The summed E-state index contributed by atoms with van der Waals surface area (Å²) in [6.45, 7) is 2.07. The number of hydrogen-bond acceptors (Lipinski definition) is 8. The lowest BCUT2D eigenvalue weighted by Gasteiger charge is -2.30. The molecule has 0 aliphatic heterocycles. The Hall–Kier alpha value is -3.75. The molecule has 3 aromatic rings. The summed E-state index contributed by atoms with van der Waals surface area (Å²) < 4.78 is 16.1. The zero-order chi connectivity index (χ0) is 25.8. The normalized spacial score (nSPS) is 17.4. The monoisotopic (exact) mass is 493 g/mol. The van der Waals surface area contributed by atoms with Crippen LogP contribution in [0.4, 0.5) is 11.8 Å². The van der Waals surface area contributed by atoms with Gasteiger partial charge in [0.2, 0.25) is 11.7 Å².